The van der Waals surface area contributed by atoms with Gasteiger partial charge < -0.3 is 20.1 Å². The first-order valence-corrected chi connectivity index (χ1v) is 11.0. The second kappa shape index (κ2) is 9.65. The number of aromatic hydroxyl groups is 1. The van der Waals surface area contributed by atoms with Gasteiger partial charge in [-0.25, -0.2) is 14.8 Å². The number of morpholine rings is 1. The van der Waals surface area contributed by atoms with Gasteiger partial charge in [0.15, 0.2) is 5.13 Å². The summed E-state index contributed by atoms with van der Waals surface area (Å²) >= 11 is 7.20. The molecule has 0 radical (unpaired) electrons. The minimum Gasteiger partial charge on any atom is -0.506 e. The van der Waals surface area contributed by atoms with Crippen LogP contribution in [0.3, 0.4) is 0 Å². The van der Waals surface area contributed by atoms with Crippen molar-refractivity contribution < 1.29 is 14.6 Å². The van der Waals surface area contributed by atoms with Crippen molar-refractivity contribution in [2.75, 3.05) is 56.7 Å². The minimum absolute atomic E-state index is 0.0670. The van der Waals surface area contributed by atoms with E-state index in [2.05, 4.69) is 25.5 Å². The third-order valence-corrected chi connectivity index (χ3v) is 6.04. The summed E-state index contributed by atoms with van der Waals surface area (Å²) in [6.45, 7) is 4.58. The maximum atomic E-state index is 12.2. The molecule has 9 nitrogen and oxygen atoms in total. The average Bonchev–Trinajstić information content (AvgIpc) is 3.15. The molecule has 0 bridgehead atoms. The molecule has 1 aromatic carbocycles. The van der Waals surface area contributed by atoms with Crippen LogP contribution in [0.1, 0.15) is 0 Å². The Labute approximate surface area is 188 Å². The number of ether oxygens (including phenoxy) is 1. The molecule has 164 valence electrons. The predicted molar refractivity (Wildman–Crippen MR) is 123 cm³/mol. The summed E-state index contributed by atoms with van der Waals surface area (Å²) in [6, 6.07) is 8.26. The second-order valence-electron chi connectivity index (χ2n) is 7.04. The molecule has 11 heteroatoms. The fraction of sp³-hybridized carbons (Fsp3) is 0.350. The smallest absolute Gasteiger partial charge is 0.321 e. The largest absolute Gasteiger partial charge is 0.506 e. The number of urea groups is 1. The fourth-order valence-corrected chi connectivity index (χ4v) is 4.24. The van der Waals surface area contributed by atoms with Crippen molar-refractivity contribution in [3.8, 4) is 5.75 Å². The van der Waals surface area contributed by atoms with Gasteiger partial charge in [0.25, 0.3) is 0 Å². The van der Waals surface area contributed by atoms with Gasteiger partial charge in [-0.3, -0.25) is 10.2 Å². The fourth-order valence-electron chi connectivity index (χ4n) is 3.24. The molecule has 2 amide bonds. The number of hydrogen-bond acceptors (Lipinski definition) is 8. The SMILES string of the molecule is CN(c1ccc2nc(NC(=O)NCCN3CCOCC3)sc2n1)c1ccc(Cl)cc1O. The van der Waals surface area contributed by atoms with E-state index in [1.807, 2.05) is 12.1 Å². The van der Waals surface area contributed by atoms with Gasteiger partial charge >= 0.3 is 6.03 Å². The number of phenols is 1. The molecule has 0 atom stereocenters. The lowest BCUT2D eigenvalue weighted by Crippen LogP contribution is -2.42. The van der Waals surface area contributed by atoms with Crippen molar-refractivity contribution in [1.82, 2.24) is 20.2 Å². The van der Waals surface area contributed by atoms with E-state index in [-0.39, 0.29) is 11.8 Å². The maximum Gasteiger partial charge on any atom is 0.321 e. The van der Waals surface area contributed by atoms with E-state index in [4.69, 9.17) is 16.3 Å². The van der Waals surface area contributed by atoms with E-state index < -0.39 is 0 Å². The summed E-state index contributed by atoms with van der Waals surface area (Å²) < 4.78 is 5.32. The number of aromatic nitrogens is 2. The molecule has 0 spiro atoms. The Bertz CT molecular complexity index is 1070. The number of thiazole rings is 1. The van der Waals surface area contributed by atoms with Crippen LogP contribution in [0.15, 0.2) is 30.3 Å². The van der Waals surface area contributed by atoms with Crippen molar-refractivity contribution in [3.05, 3.63) is 35.4 Å². The quantitative estimate of drug-likeness (QED) is 0.516. The standard InChI is InChI=1S/C20H23ClN6O3S/c1-26(15-4-2-13(21)12-16(15)28)17-5-3-14-18(24-17)31-20(23-14)25-19(29)22-6-7-27-8-10-30-11-9-27/h2-5,12,28H,6-11H2,1H3,(H2,22,23,25,29). The van der Waals surface area contributed by atoms with E-state index in [0.717, 1.165) is 32.8 Å². The molecule has 4 rings (SSSR count). The monoisotopic (exact) mass is 462 g/mol. The maximum absolute atomic E-state index is 12.2. The number of pyridine rings is 1. The number of nitrogens with zero attached hydrogens (tertiary/aromatic N) is 4. The summed E-state index contributed by atoms with van der Waals surface area (Å²) in [4.78, 5) is 25.9. The molecule has 1 saturated heterocycles. The molecule has 3 N–H and O–H groups in total. The van der Waals surface area contributed by atoms with Crippen molar-refractivity contribution in [2.24, 2.45) is 0 Å². The summed E-state index contributed by atoms with van der Waals surface area (Å²) in [5, 5.41) is 16.7. The number of benzene rings is 1. The van der Waals surface area contributed by atoms with Gasteiger partial charge in [-0.2, -0.15) is 0 Å². The van der Waals surface area contributed by atoms with Gasteiger partial charge in [-0.05, 0) is 24.3 Å². The Morgan fingerprint density at radius 2 is 2.10 bits per heavy atom. The van der Waals surface area contributed by atoms with Crippen LogP contribution < -0.4 is 15.5 Å². The van der Waals surface area contributed by atoms with Crippen LogP contribution in [-0.2, 0) is 4.74 Å². The highest BCUT2D eigenvalue weighted by molar-refractivity contribution is 7.22. The summed E-state index contributed by atoms with van der Waals surface area (Å²) in [5.74, 6) is 0.701. The Morgan fingerprint density at radius 3 is 2.87 bits per heavy atom. The molecule has 31 heavy (non-hydrogen) atoms. The lowest BCUT2D eigenvalue weighted by molar-refractivity contribution is 0.0388. The van der Waals surface area contributed by atoms with Crippen LogP contribution in [-0.4, -0.2) is 72.4 Å². The summed E-state index contributed by atoms with van der Waals surface area (Å²) in [6.07, 6.45) is 0. The van der Waals surface area contributed by atoms with Gasteiger partial charge in [-0.1, -0.05) is 22.9 Å². The molecular formula is C20H23ClN6O3S. The zero-order valence-corrected chi connectivity index (χ0v) is 18.5. The molecule has 1 aliphatic heterocycles. The zero-order valence-electron chi connectivity index (χ0n) is 17.0. The number of carbonyl (C=O) groups excluding carboxylic acids is 1. The Balaban J connectivity index is 1.38. The van der Waals surface area contributed by atoms with Gasteiger partial charge in [0.1, 0.15) is 21.9 Å². The third-order valence-electron chi connectivity index (χ3n) is 4.92. The molecule has 0 unspecified atom stereocenters. The topological polar surface area (TPSA) is 103 Å². The summed E-state index contributed by atoms with van der Waals surface area (Å²) in [5.41, 5.74) is 1.27. The highest BCUT2D eigenvalue weighted by Gasteiger charge is 2.14. The van der Waals surface area contributed by atoms with Crippen LogP contribution in [0, 0.1) is 0 Å². The molecule has 3 aromatic rings. The Morgan fingerprint density at radius 1 is 1.29 bits per heavy atom. The van der Waals surface area contributed by atoms with Crippen molar-refractivity contribution in [2.45, 2.75) is 0 Å². The van der Waals surface area contributed by atoms with Crippen LogP contribution in [0.25, 0.3) is 10.3 Å². The molecule has 2 aromatic heterocycles. The number of phenolic OH excluding ortho intramolecular Hbond substituents is 1. The van der Waals surface area contributed by atoms with E-state index in [1.54, 1.807) is 24.1 Å². The number of rotatable bonds is 6. The van der Waals surface area contributed by atoms with E-state index in [0.29, 0.717) is 38.6 Å². The Kier molecular flexibility index (Phi) is 6.71. The van der Waals surface area contributed by atoms with Crippen LogP contribution >= 0.6 is 22.9 Å². The third kappa shape index (κ3) is 5.34. The molecular weight excluding hydrogens is 440 g/mol. The minimum atomic E-state index is -0.296. The van der Waals surface area contributed by atoms with E-state index in [9.17, 15) is 9.90 Å². The molecule has 3 heterocycles. The second-order valence-corrected chi connectivity index (χ2v) is 8.45. The average molecular weight is 463 g/mol. The lowest BCUT2D eigenvalue weighted by Gasteiger charge is -2.26. The Hall–Kier alpha value is -2.66. The van der Waals surface area contributed by atoms with Gasteiger partial charge in [-0.15, -0.1) is 0 Å². The number of carbonyl (C=O) groups is 1. The van der Waals surface area contributed by atoms with Gasteiger partial charge in [0.05, 0.1) is 18.9 Å². The molecule has 1 aliphatic rings. The van der Waals surface area contributed by atoms with Gasteiger partial charge in [0.2, 0.25) is 0 Å². The summed E-state index contributed by atoms with van der Waals surface area (Å²) in [7, 11) is 1.80. The molecule has 0 aliphatic carbocycles. The zero-order chi connectivity index (χ0) is 21.8. The first kappa shape index (κ1) is 21.6. The van der Waals surface area contributed by atoms with Crippen LogP contribution in [0.4, 0.5) is 21.4 Å². The highest BCUT2D eigenvalue weighted by atomic mass is 35.5. The first-order chi connectivity index (χ1) is 15.0. The number of halogens is 1. The van der Waals surface area contributed by atoms with E-state index in [1.165, 1.54) is 17.4 Å². The van der Waals surface area contributed by atoms with Crippen LogP contribution in [0.5, 0.6) is 5.75 Å². The van der Waals surface area contributed by atoms with Crippen molar-refractivity contribution >= 4 is 56.0 Å². The van der Waals surface area contributed by atoms with Crippen LogP contribution in [0.2, 0.25) is 5.02 Å². The number of nitrogens with one attached hydrogen (secondary N) is 2. The van der Waals surface area contributed by atoms with E-state index >= 15 is 0 Å². The molecule has 1 fully saturated rings. The normalized spacial score (nSPS) is 14.5. The first-order valence-electron chi connectivity index (χ1n) is 9.84. The number of hydrogen-bond donors (Lipinski definition) is 3. The highest BCUT2D eigenvalue weighted by Crippen LogP contribution is 2.34. The molecule has 0 saturated carbocycles. The number of amides is 2. The van der Waals surface area contributed by atoms with Crippen molar-refractivity contribution in [1.29, 1.82) is 0 Å². The van der Waals surface area contributed by atoms with Crippen molar-refractivity contribution in [3.63, 3.8) is 0 Å². The van der Waals surface area contributed by atoms with Gasteiger partial charge in [0, 0.05) is 44.3 Å². The predicted octanol–water partition coefficient (Wildman–Crippen LogP) is 3.27. The number of fused-ring (bicyclic) bond motifs is 1. The number of anilines is 3. The lowest BCUT2D eigenvalue weighted by atomic mass is 10.2.